The second-order valence-corrected chi connectivity index (χ2v) is 7.27. The van der Waals surface area contributed by atoms with E-state index >= 15 is 0 Å². The molecule has 0 saturated carbocycles. The molecule has 3 N–H and O–H groups in total. The predicted octanol–water partition coefficient (Wildman–Crippen LogP) is 3.33. The van der Waals surface area contributed by atoms with E-state index in [0.717, 1.165) is 10.4 Å². The zero-order chi connectivity index (χ0) is 24.1. The Kier molecular flexibility index (Phi) is 6.54. The molecule has 4 aromatic rings. The van der Waals surface area contributed by atoms with E-state index in [9.17, 15) is 14.4 Å². The molecule has 0 aliphatic carbocycles. The Morgan fingerprint density at radius 3 is 2.29 bits per heavy atom. The molecule has 0 saturated heterocycles. The van der Waals surface area contributed by atoms with Crippen molar-refractivity contribution in [2.75, 3.05) is 11.9 Å². The van der Waals surface area contributed by atoms with Gasteiger partial charge in [-0.1, -0.05) is 30.3 Å². The Morgan fingerprint density at radius 2 is 1.59 bits per heavy atom. The second-order valence-electron chi connectivity index (χ2n) is 7.27. The first kappa shape index (κ1) is 22.5. The molecular weight excluding hydrogens is 436 g/mol. The van der Waals surface area contributed by atoms with Gasteiger partial charge in [-0.2, -0.15) is 5.10 Å². The summed E-state index contributed by atoms with van der Waals surface area (Å²) in [4.78, 5) is 37.4. The van der Waals surface area contributed by atoms with Crippen LogP contribution in [0.1, 0.15) is 17.4 Å². The van der Waals surface area contributed by atoms with Gasteiger partial charge in [0, 0.05) is 5.39 Å². The maximum absolute atomic E-state index is 12.8. The summed E-state index contributed by atoms with van der Waals surface area (Å²) in [6.45, 7) is 2.05. The highest BCUT2D eigenvalue weighted by Gasteiger charge is 2.17. The van der Waals surface area contributed by atoms with Crippen LogP contribution in [-0.4, -0.2) is 28.2 Å². The van der Waals surface area contributed by atoms with Gasteiger partial charge in [0.2, 0.25) is 5.91 Å². The zero-order valence-electron chi connectivity index (χ0n) is 18.4. The van der Waals surface area contributed by atoms with Crippen LogP contribution in [0.25, 0.3) is 10.8 Å². The maximum atomic E-state index is 12.8. The largest absolute Gasteiger partial charge is 0.494 e. The van der Waals surface area contributed by atoms with Gasteiger partial charge in [-0.3, -0.25) is 14.4 Å². The summed E-state index contributed by atoms with van der Waals surface area (Å²) in [5.41, 5.74) is 5.25. The minimum atomic E-state index is -0.792. The molecule has 0 atom stereocenters. The number of hydrogen-bond acceptors (Lipinski definition) is 6. The Morgan fingerprint density at radius 1 is 0.941 bits per heavy atom. The topological polar surface area (TPSA) is 126 Å². The summed E-state index contributed by atoms with van der Waals surface area (Å²) < 4.78 is 12.3. The van der Waals surface area contributed by atoms with Crippen LogP contribution < -0.4 is 26.1 Å². The van der Waals surface area contributed by atoms with Crippen LogP contribution in [0.4, 0.5) is 5.69 Å². The molecule has 34 heavy (non-hydrogen) atoms. The fourth-order valence-corrected chi connectivity index (χ4v) is 3.41. The maximum Gasteiger partial charge on any atom is 0.275 e. The monoisotopic (exact) mass is 458 g/mol. The number of rotatable bonds is 8. The van der Waals surface area contributed by atoms with Crippen molar-refractivity contribution in [1.82, 2.24) is 9.78 Å². The molecule has 9 nitrogen and oxygen atoms in total. The van der Waals surface area contributed by atoms with Crippen molar-refractivity contribution in [1.29, 1.82) is 0 Å². The number of amides is 2. The van der Waals surface area contributed by atoms with Gasteiger partial charge in [0.25, 0.3) is 11.5 Å². The van der Waals surface area contributed by atoms with Crippen molar-refractivity contribution in [2.24, 2.45) is 5.73 Å². The van der Waals surface area contributed by atoms with Crippen LogP contribution in [0.3, 0.4) is 0 Å². The molecule has 1 heterocycles. The lowest BCUT2D eigenvalue weighted by Gasteiger charge is -2.13. The third-order valence-electron chi connectivity index (χ3n) is 4.92. The Balaban J connectivity index is 1.55. The first-order chi connectivity index (χ1) is 16.5. The van der Waals surface area contributed by atoms with Gasteiger partial charge in [-0.15, -0.1) is 0 Å². The van der Waals surface area contributed by atoms with E-state index in [4.69, 9.17) is 15.2 Å². The van der Waals surface area contributed by atoms with Crippen LogP contribution in [-0.2, 0) is 11.3 Å². The molecule has 3 aromatic carbocycles. The summed E-state index contributed by atoms with van der Waals surface area (Å²) in [6.07, 6.45) is 0. The van der Waals surface area contributed by atoms with E-state index in [-0.39, 0.29) is 11.1 Å². The van der Waals surface area contributed by atoms with Gasteiger partial charge < -0.3 is 20.5 Å². The Labute approximate surface area is 194 Å². The van der Waals surface area contributed by atoms with Crippen LogP contribution in [0, 0.1) is 0 Å². The third kappa shape index (κ3) is 4.88. The van der Waals surface area contributed by atoms with Gasteiger partial charge >= 0.3 is 0 Å². The van der Waals surface area contributed by atoms with Crippen molar-refractivity contribution >= 4 is 28.3 Å². The van der Waals surface area contributed by atoms with E-state index < -0.39 is 23.9 Å². The van der Waals surface area contributed by atoms with Crippen molar-refractivity contribution in [3.05, 3.63) is 88.8 Å². The lowest BCUT2D eigenvalue weighted by atomic mass is 10.1. The van der Waals surface area contributed by atoms with Crippen molar-refractivity contribution in [2.45, 2.75) is 13.5 Å². The minimum Gasteiger partial charge on any atom is -0.494 e. The van der Waals surface area contributed by atoms with Gasteiger partial charge in [-0.25, -0.2) is 4.68 Å². The van der Waals surface area contributed by atoms with Gasteiger partial charge in [0.15, 0.2) is 11.4 Å². The van der Waals surface area contributed by atoms with Crippen molar-refractivity contribution in [3.63, 3.8) is 0 Å². The van der Waals surface area contributed by atoms with E-state index in [0.29, 0.717) is 29.2 Å². The average Bonchev–Trinajstić information content (AvgIpc) is 2.83. The molecule has 9 heteroatoms. The lowest BCUT2D eigenvalue weighted by molar-refractivity contribution is -0.117. The summed E-state index contributed by atoms with van der Waals surface area (Å²) in [7, 11) is 0. The minimum absolute atomic E-state index is 0.0813. The highest BCUT2D eigenvalue weighted by Crippen LogP contribution is 2.30. The quantitative estimate of drug-likeness (QED) is 0.417. The number of anilines is 1. The Bertz CT molecular complexity index is 1410. The number of benzene rings is 3. The molecule has 0 bridgehead atoms. The number of fused-ring (bicyclic) bond motifs is 1. The first-order valence-electron chi connectivity index (χ1n) is 10.6. The van der Waals surface area contributed by atoms with Crippen molar-refractivity contribution in [3.8, 4) is 17.2 Å². The number of ether oxygens (including phenoxy) is 2. The number of aromatic nitrogens is 2. The summed E-state index contributed by atoms with van der Waals surface area (Å²) >= 11 is 0. The molecule has 0 fully saturated rings. The highest BCUT2D eigenvalue weighted by atomic mass is 16.5. The smallest absolute Gasteiger partial charge is 0.275 e. The van der Waals surface area contributed by atoms with E-state index in [2.05, 4.69) is 10.4 Å². The van der Waals surface area contributed by atoms with E-state index in [1.54, 1.807) is 72.8 Å². The molecule has 0 aliphatic rings. The molecule has 1 aromatic heterocycles. The number of nitrogens with one attached hydrogen (secondary N) is 1. The first-order valence-corrected chi connectivity index (χ1v) is 10.6. The van der Waals surface area contributed by atoms with Crippen LogP contribution >= 0.6 is 0 Å². The van der Waals surface area contributed by atoms with Crippen LogP contribution in [0.2, 0.25) is 0 Å². The van der Waals surface area contributed by atoms with Crippen LogP contribution in [0.15, 0.2) is 77.6 Å². The third-order valence-corrected chi connectivity index (χ3v) is 4.92. The molecule has 0 spiro atoms. The van der Waals surface area contributed by atoms with Gasteiger partial charge in [0.05, 0.1) is 17.7 Å². The number of carbonyl (C=O) groups is 2. The SMILES string of the molecule is CCOc1ccc(Oc2ccccc2NC(=O)Cn2nc(C(N)=O)c3ccccc3c2=O)cc1. The normalized spacial score (nSPS) is 10.6. The number of nitrogens with zero attached hydrogens (tertiary/aromatic N) is 2. The number of carbonyl (C=O) groups excluding carboxylic acids is 2. The Hall–Kier alpha value is -4.66. The molecule has 2 amide bonds. The number of para-hydroxylation sites is 2. The van der Waals surface area contributed by atoms with Crippen LogP contribution in [0.5, 0.6) is 17.2 Å². The summed E-state index contributed by atoms with van der Waals surface area (Å²) in [5.74, 6) is 0.378. The fourth-order valence-electron chi connectivity index (χ4n) is 3.41. The fraction of sp³-hybridized carbons (Fsp3) is 0.120. The highest BCUT2D eigenvalue weighted by molar-refractivity contribution is 6.04. The molecule has 172 valence electrons. The second kappa shape index (κ2) is 9.86. The summed E-state index contributed by atoms with van der Waals surface area (Å²) in [6, 6.07) is 20.5. The summed E-state index contributed by atoms with van der Waals surface area (Å²) in [5, 5.41) is 7.34. The van der Waals surface area contributed by atoms with Gasteiger partial charge in [0.1, 0.15) is 18.0 Å². The number of hydrogen-bond donors (Lipinski definition) is 2. The molecule has 0 unspecified atom stereocenters. The molecular formula is C25H22N4O5. The van der Waals surface area contributed by atoms with Gasteiger partial charge in [-0.05, 0) is 49.4 Å². The van der Waals surface area contributed by atoms with Crippen molar-refractivity contribution < 1.29 is 19.1 Å². The number of nitrogens with two attached hydrogens (primary N) is 1. The molecule has 4 rings (SSSR count). The molecule has 0 aliphatic heterocycles. The van der Waals surface area contributed by atoms with E-state index in [1.807, 2.05) is 6.92 Å². The molecule has 0 radical (unpaired) electrons. The zero-order valence-corrected chi connectivity index (χ0v) is 18.4. The average molecular weight is 458 g/mol. The lowest BCUT2D eigenvalue weighted by Crippen LogP contribution is -2.32. The standard InChI is InChI=1S/C25H22N4O5/c1-2-33-16-11-13-17(14-12-16)34-21-10-6-5-9-20(21)27-22(30)15-29-25(32)19-8-4-3-7-18(19)23(28-29)24(26)31/h3-14H,2,15H2,1H3,(H2,26,31)(H,27,30). The predicted molar refractivity (Wildman–Crippen MR) is 127 cm³/mol. The van der Waals surface area contributed by atoms with E-state index in [1.165, 1.54) is 0 Å². The number of primary amides is 1.